The van der Waals surface area contributed by atoms with Crippen LogP contribution in [0, 0.1) is 0 Å². The first-order valence-corrected chi connectivity index (χ1v) is 6.40. The molecule has 0 aromatic carbocycles. The molecular formula is C12H20O5. The van der Waals surface area contributed by atoms with E-state index in [-0.39, 0.29) is 18.5 Å². The number of carbonyl (C=O) groups excluding carboxylic acids is 1. The van der Waals surface area contributed by atoms with Crippen LogP contribution in [0.25, 0.3) is 0 Å². The summed E-state index contributed by atoms with van der Waals surface area (Å²) >= 11 is 0. The zero-order valence-corrected chi connectivity index (χ0v) is 10.2. The van der Waals surface area contributed by atoms with E-state index in [1.807, 2.05) is 0 Å². The van der Waals surface area contributed by atoms with Gasteiger partial charge in [0.15, 0.2) is 12.4 Å². The van der Waals surface area contributed by atoms with Gasteiger partial charge < -0.3 is 18.9 Å². The van der Waals surface area contributed by atoms with Crippen LogP contribution in [-0.2, 0) is 18.9 Å². The highest BCUT2D eigenvalue weighted by atomic mass is 16.8. The smallest absolute Gasteiger partial charge is 0.430 e. The fraction of sp³-hybridized carbons (Fsp3) is 0.917. The molecular weight excluding hydrogens is 224 g/mol. The summed E-state index contributed by atoms with van der Waals surface area (Å²) in [6.07, 6.45) is 4.55. The lowest BCUT2D eigenvalue weighted by Crippen LogP contribution is -2.47. The Morgan fingerprint density at radius 1 is 1.29 bits per heavy atom. The summed E-state index contributed by atoms with van der Waals surface area (Å²) in [5.74, 6) is 0. The van der Waals surface area contributed by atoms with E-state index in [1.165, 1.54) is 19.3 Å². The minimum atomic E-state index is -0.595. The molecule has 5 nitrogen and oxygen atoms in total. The number of hydrogen-bond acceptors (Lipinski definition) is 5. The number of hydrogen-bond donors (Lipinski definition) is 0. The van der Waals surface area contributed by atoms with Gasteiger partial charge in [-0.2, -0.15) is 0 Å². The molecule has 2 saturated heterocycles. The van der Waals surface area contributed by atoms with Crippen molar-refractivity contribution in [3.8, 4) is 0 Å². The first-order chi connectivity index (χ1) is 8.29. The number of unbranched alkanes of at least 4 members (excludes halogenated alkanes) is 3. The largest absolute Gasteiger partial charge is 0.508 e. The van der Waals surface area contributed by atoms with Crippen molar-refractivity contribution in [3.05, 3.63) is 0 Å². The first kappa shape index (κ1) is 12.6. The topological polar surface area (TPSA) is 54.0 Å². The first-order valence-electron chi connectivity index (χ1n) is 6.40. The van der Waals surface area contributed by atoms with E-state index in [0.717, 1.165) is 19.4 Å². The molecule has 0 aromatic rings. The van der Waals surface area contributed by atoms with Crippen molar-refractivity contribution in [2.75, 3.05) is 13.2 Å². The van der Waals surface area contributed by atoms with Gasteiger partial charge in [-0.05, 0) is 6.42 Å². The van der Waals surface area contributed by atoms with E-state index >= 15 is 0 Å². The second-order valence-corrected chi connectivity index (χ2v) is 4.49. The molecule has 3 unspecified atom stereocenters. The Morgan fingerprint density at radius 2 is 2.12 bits per heavy atom. The molecule has 2 heterocycles. The lowest BCUT2D eigenvalue weighted by Gasteiger charge is -2.37. The van der Waals surface area contributed by atoms with Crippen molar-refractivity contribution in [1.29, 1.82) is 0 Å². The van der Waals surface area contributed by atoms with Crippen molar-refractivity contribution < 1.29 is 23.7 Å². The van der Waals surface area contributed by atoms with Crippen molar-refractivity contribution in [2.24, 2.45) is 0 Å². The summed E-state index contributed by atoms with van der Waals surface area (Å²) in [7, 11) is 0. The number of rotatable bonds is 7. The minimum Gasteiger partial charge on any atom is -0.430 e. The molecule has 2 fully saturated rings. The van der Waals surface area contributed by atoms with E-state index in [9.17, 15) is 4.79 Å². The molecule has 2 aliphatic rings. The van der Waals surface area contributed by atoms with Crippen LogP contribution in [0.1, 0.15) is 39.0 Å². The van der Waals surface area contributed by atoms with Gasteiger partial charge >= 0.3 is 6.16 Å². The van der Waals surface area contributed by atoms with Gasteiger partial charge in [-0.3, -0.25) is 0 Å². The zero-order valence-electron chi connectivity index (χ0n) is 10.2. The predicted molar refractivity (Wildman–Crippen MR) is 59.6 cm³/mol. The monoisotopic (exact) mass is 244 g/mol. The third-order valence-corrected chi connectivity index (χ3v) is 3.08. The van der Waals surface area contributed by atoms with Crippen molar-refractivity contribution in [2.45, 2.75) is 57.5 Å². The number of carbonyl (C=O) groups is 1. The van der Waals surface area contributed by atoms with Gasteiger partial charge in [-0.25, -0.2) is 4.79 Å². The van der Waals surface area contributed by atoms with Gasteiger partial charge in [0.25, 0.3) is 0 Å². The van der Waals surface area contributed by atoms with Gasteiger partial charge in [0.1, 0.15) is 12.7 Å². The lowest BCUT2D eigenvalue weighted by molar-refractivity contribution is -0.275. The second kappa shape index (κ2) is 6.21. The van der Waals surface area contributed by atoms with Crippen LogP contribution >= 0.6 is 0 Å². The summed E-state index contributed by atoms with van der Waals surface area (Å²) in [6.45, 7) is 3.23. The SMILES string of the molecule is CCCCCCOC1CC(C2COC(=O)O2)O1. The Kier molecular flexibility index (Phi) is 4.62. The molecule has 0 bridgehead atoms. The molecule has 17 heavy (non-hydrogen) atoms. The number of ether oxygens (including phenoxy) is 4. The molecule has 0 radical (unpaired) electrons. The second-order valence-electron chi connectivity index (χ2n) is 4.49. The molecule has 2 rings (SSSR count). The van der Waals surface area contributed by atoms with Gasteiger partial charge in [0.2, 0.25) is 0 Å². The van der Waals surface area contributed by atoms with E-state index in [0.29, 0.717) is 6.61 Å². The Bertz CT molecular complexity index is 249. The van der Waals surface area contributed by atoms with Crippen LogP contribution in [0.2, 0.25) is 0 Å². The molecule has 5 heteroatoms. The Labute approximate surface area is 101 Å². The van der Waals surface area contributed by atoms with Crippen LogP contribution in [-0.4, -0.2) is 37.9 Å². The van der Waals surface area contributed by atoms with Gasteiger partial charge in [-0.1, -0.05) is 26.2 Å². The molecule has 0 aromatic heterocycles. The molecule has 98 valence electrons. The molecule has 0 N–H and O–H groups in total. The maximum atomic E-state index is 10.7. The average Bonchev–Trinajstić information content (AvgIpc) is 2.67. The summed E-state index contributed by atoms with van der Waals surface area (Å²) in [6, 6.07) is 0. The van der Waals surface area contributed by atoms with Gasteiger partial charge in [-0.15, -0.1) is 0 Å². The third-order valence-electron chi connectivity index (χ3n) is 3.08. The molecule has 0 saturated carbocycles. The Morgan fingerprint density at radius 3 is 2.76 bits per heavy atom. The Balaban J connectivity index is 1.49. The van der Waals surface area contributed by atoms with E-state index in [2.05, 4.69) is 6.92 Å². The van der Waals surface area contributed by atoms with Crippen LogP contribution in [0.3, 0.4) is 0 Å². The van der Waals surface area contributed by atoms with Crippen molar-refractivity contribution >= 4 is 6.16 Å². The standard InChI is InChI=1S/C12H20O5/c1-2-3-4-5-6-14-11-7-9(16-11)10-8-15-12(13)17-10/h9-11H,2-8H2,1H3. The van der Waals surface area contributed by atoms with E-state index in [4.69, 9.17) is 18.9 Å². The highest BCUT2D eigenvalue weighted by Gasteiger charge is 2.42. The van der Waals surface area contributed by atoms with Crippen LogP contribution < -0.4 is 0 Å². The molecule has 0 aliphatic carbocycles. The van der Waals surface area contributed by atoms with Gasteiger partial charge in [0.05, 0.1) is 0 Å². The zero-order chi connectivity index (χ0) is 12.1. The van der Waals surface area contributed by atoms with Crippen molar-refractivity contribution in [1.82, 2.24) is 0 Å². The lowest BCUT2D eigenvalue weighted by atomic mass is 10.1. The maximum Gasteiger partial charge on any atom is 0.508 e. The molecule has 0 amide bonds. The van der Waals surface area contributed by atoms with E-state index < -0.39 is 6.16 Å². The highest BCUT2D eigenvalue weighted by molar-refractivity contribution is 5.61. The molecule has 3 atom stereocenters. The predicted octanol–water partition coefficient (Wildman–Crippen LogP) is 2.23. The summed E-state index contributed by atoms with van der Waals surface area (Å²) in [5, 5.41) is 0. The fourth-order valence-electron chi connectivity index (χ4n) is 1.99. The summed E-state index contributed by atoms with van der Waals surface area (Å²) < 4.78 is 20.7. The highest BCUT2D eigenvalue weighted by Crippen LogP contribution is 2.28. The number of cyclic esters (lactones) is 2. The molecule has 0 spiro atoms. The summed E-state index contributed by atoms with van der Waals surface area (Å²) in [4.78, 5) is 10.7. The quantitative estimate of drug-likeness (QED) is 0.507. The fourth-order valence-corrected chi connectivity index (χ4v) is 1.99. The normalized spacial score (nSPS) is 31.8. The third kappa shape index (κ3) is 3.57. The van der Waals surface area contributed by atoms with Gasteiger partial charge in [0, 0.05) is 13.0 Å². The van der Waals surface area contributed by atoms with Crippen molar-refractivity contribution in [3.63, 3.8) is 0 Å². The molecule has 2 aliphatic heterocycles. The van der Waals surface area contributed by atoms with Crippen LogP contribution in [0.15, 0.2) is 0 Å². The minimum absolute atomic E-state index is 0.0536. The van der Waals surface area contributed by atoms with Crippen LogP contribution in [0.4, 0.5) is 4.79 Å². The van der Waals surface area contributed by atoms with Crippen LogP contribution in [0.5, 0.6) is 0 Å². The Hall–Kier alpha value is -0.810. The summed E-state index contributed by atoms with van der Waals surface area (Å²) in [5.41, 5.74) is 0. The average molecular weight is 244 g/mol. The maximum absolute atomic E-state index is 10.7. The van der Waals surface area contributed by atoms with E-state index in [1.54, 1.807) is 0 Å².